The third-order valence-corrected chi connectivity index (χ3v) is 5.69. The second kappa shape index (κ2) is 4.56. The number of aromatic nitrogens is 1. The third-order valence-electron chi connectivity index (χ3n) is 5.69. The van der Waals surface area contributed by atoms with Crippen molar-refractivity contribution in [3.63, 3.8) is 0 Å². The van der Waals surface area contributed by atoms with Crippen LogP contribution in [-0.4, -0.2) is 17.7 Å². The number of benzene rings is 1. The van der Waals surface area contributed by atoms with Crippen LogP contribution in [0.1, 0.15) is 37.4 Å². The van der Waals surface area contributed by atoms with Crippen LogP contribution in [0.5, 0.6) is 0 Å². The van der Waals surface area contributed by atoms with E-state index in [2.05, 4.69) is 26.0 Å². The summed E-state index contributed by atoms with van der Waals surface area (Å²) in [6.07, 6.45) is 4.27. The minimum absolute atomic E-state index is 0.190. The molecule has 2 aliphatic carbocycles. The minimum atomic E-state index is -0.190. The molecule has 1 aromatic carbocycles. The summed E-state index contributed by atoms with van der Waals surface area (Å²) >= 11 is 0. The predicted molar refractivity (Wildman–Crippen MR) is 89.9 cm³/mol. The van der Waals surface area contributed by atoms with Crippen molar-refractivity contribution >= 4 is 16.6 Å². The molecule has 0 saturated heterocycles. The summed E-state index contributed by atoms with van der Waals surface area (Å²) in [4.78, 5) is 4.92. The fourth-order valence-corrected chi connectivity index (χ4v) is 4.36. The summed E-state index contributed by atoms with van der Waals surface area (Å²) in [5.74, 6) is 0.658. The van der Waals surface area contributed by atoms with E-state index in [9.17, 15) is 0 Å². The average molecular weight is 294 g/mol. The van der Waals surface area contributed by atoms with Gasteiger partial charge >= 0.3 is 0 Å². The zero-order chi connectivity index (χ0) is 15.5. The monoisotopic (exact) mass is 294 g/mol. The normalized spacial score (nSPS) is 30.0. The molecule has 0 aliphatic heterocycles. The Morgan fingerprint density at radius 3 is 2.82 bits per heavy atom. The van der Waals surface area contributed by atoms with E-state index < -0.39 is 0 Å². The number of hydrogen-bond donors (Lipinski definition) is 1. The lowest BCUT2D eigenvalue weighted by atomic mass is 9.61. The maximum Gasteiger partial charge on any atom is 0.0789 e. The summed E-state index contributed by atoms with van der Waals surface area (Å²) in [7, 11) is 1.82. The highest BCUT2D eigenvalue weighted by Crippen LogP contribution is 2.53. The Morgan fingerprint density at radius 1 is 1.27 bits per heavy atom. The summed E-state index contributed by atoms with van der Waals surface area (Å²) < 4.78 is 5.99. The standard InChI is InChI=1S/C19H22N2O/c1-11-8-12-10-16-17(14(9-11)19(12,2)22-3)18(20)13-6-4-5-7-15(13)21-16/h4-8,12,14H,9-10H2,1-3H3,(H2,20,21)/t12?,14?,19-/m1/s1. The van der Waals surface area contributed by atoms with Crippen LogP contribution in [0.3, 0.4) is 0 Å². The van der Waals surface area contributed by atoms with E-state index in [1.807, 2.05) is 25.3 Å². The first-order valence-corrected chi connectivity index (χ1v) is 7.94. The minimum Gasteiger partial charge on any atom is -0.398 e. The molecule has 3 atom stereocenters. The fraction of sp³-hybridized carbons (Fsp3) is 0.421. The lowest BCUT2D eigenvalue weighted by Gasteiger charge is -2.49. The summed E-state index contributed by atoms with van der Waals surface area (Å²) in [5, 5.41) is 1.06. The molecule has 2 unspecified atom stereocenters. The molecular weight excluding hydrogens is 272 g/mol. The molecule has 2 aliphatic rings. The molecule has 0 radical (unpaired) electrons. The van der Waals surface area contributed by atoms with Gasteiger partial charge in [-0.2, -0.15) is 0 Å². The number of fused-ring (bicyclic) bond motifs is 5. The Hall–Kier alpha value is -1.87. The molecule has 3 heteroatoms. The molecule has 0 fully saturated rings. The second-order valence-electron chi connectivity index (χ2n) is 6.87. The van der Waals surface area contributed by atoms with Crippen molar-refractivity contribution < 1.29 is 4.74 Å². The highest BCUT2D eigenvalue weighted by atomic mass is 16.5. The Balaban J connectivity index is 2.01. The van der Waals surface area contributed by atoms with Gasteiger partial charge in [-0.1, -0.05) is 29.8 Å². The number of rotatable bonds is 1. The van der Waals surface area contributed by atoms with Crippen molar-refractivity contribution in [3.05, 3.63) is 47.2 Å². The lowest BCUT2D eigenvalue weighted by Crippen LogP contribution is -2.49. The molecule has 2 aromatic rings. The van der Waals surface area contributed by atoms with Crippen LogP contribution in [0.15, 0.2) is 35.9 Å². The van der Waals surface area contributed by atoms with Gasteiger partial charge in [0.15, 0.2) is 0 Å². The van der Waals surface area contributed by atoms with E-state index in [4.69, 9.17) is 15.5 Å². The number of pyridine rings is 1. The van der Waals surface area contributed by atoms with Gasteiger partial charge in [0.05, 0.1) is 11.1 Å². The first kappa shape index (κ1) is 13.8. The number of nitrogen functional groups attached to an aromatic ring is 1. The molecule has 22 heavy (non-hydrogen) atoms. The number of para-hydroxylation sites is 1. The maximum atomic E-state index is 6.58. The second-order valence-corrected chi connectivity index (χ2v) is 6.87. The van der Waals surface area contributed by atoms with Crippen LogP contribution in [0.4, 0.5) is 5.69 Å². The van der Waals surface area contributed by atoms with Gasteiger partial charge < -0.3 is 10.5 Å². The van der Waals surface area contributed by atoms with Gasteiger partial charge in [0.25, 0.3) is 0 Å². The number of allylic oxidation sites excluding steroid dienone is 1. The largest absolute Gasteiger partial charge is 0.398 e. The van der Waals surface area contributed by atoms with E-state index in [-0.39, 0.29) is 11.5 Å². The molecule has 3 nitrogen and oxygen atoms in total. The number of nitrogens with two attached hydrogens (primary N) is 1. The molecule has 2 N–H and O–H groups in total. The van der Waals surface area contributed by atoms with Crippen molar-refractivity contribution in [3.8, 4) is 0 Å². The Bertz CT molecular complexity index is 795. The molecule has 4 rings (SSSR count). The maximum absolute atomic E-state index is 6.58. The zero-order valence-electron chi connectivity index (χ0n) is 13.4. The molecule has 114 valence electrons. The molecular formula is C19H22N2O. The van der Waals surface area contributed by atoms with Crippen LogP contribution in [0.2, 0.25) is 0 Å². The quantitative estimate of drug-likeness (QED) is 0.813. The van der Waals surface area contributed by atoms with Gasteiger partial charge in [-0.25, -0.2) is 0 Å². The summed E-state index contributed by atoms with van der Waals surface area (Å²) in [6.45, 7) is 4.44. The van der Waals surface area contributed by atoms with Gasteiger partial charge in [0.1, 0.15) is 0 Å². The Morgan fingerprint density at radius 2 is 2.05 bits per heavy atom. The zero-order valence-corrected chi connectivity index (χ0v) is 13.4. The van der Waals surface area contributed by atoms with E-state index >= 15 is 0 Å². The van der Waals surface area contributed by atoms with Gasteiger partial charge in [-0.3, -0.25) is 4.98 Å². The predicted octanol–water partition coefficient (Wildman–Crippen LogP) is 3.83. The third kappa shape index (κ3) is 1.69. The Kier molecular flexibility index (Phi) is 2.85. The highest BCUT2D eigenvalue weighted by Gasteiger charge is 2.49. The van der Waals surface area contributed by atoms with Crippen LogP contribution < -0.4 is 5.73 Å². The highest BCUT2D eigenvalue weighted by molar-refractivity contribution is 5.92. The van der Waals surface area contributed by atoms with Crippen molar-refractivity contribution in [1.29, 1.82) is 0 Å². The van der Waals surface area contributed by atoms with Crippen molar-refractivity contribution in [2.45, 2.75) is 38.2 Å². The van der Waals surface area contributed by atoms with Crippen molar-refractivity contribution in [2.75, 3.05) is 12.8 Å². The SMILES string of the molecule is CO[C@]1(C)C2C=C(C)CC1c1c(nc3ccccc3c1N)C2. The van der Waals surface area contributed by atoms with E-state index in [0.717, 1.165) is 35.1 Å². The molecule has 1 heterocycles. The fourth-order valence-electron chi connectivity index (χ4n) is 4.36. The van der Waals surface area contributed by atoms with E-state index in [1.165, 1.54) is 11.1 Å². The lowest BCUT2D eigenvalue weighted by molar-refractivity contribution is -0.0618. The van der Waals surface area contributed by atoms with Crippen molar-refractivity contribution in [1.82, 2.24) is 4.98 Å². The van der Waals surface area contributed by atoms with Gasteiger partial charge in [-0.15, -0.1) is 0 Å². The number of ether oxygens (including phenoxy) is 1. The van der Waals surface area contributed by atoms with Gasteiger partial charge in [-0.05, 0) is 32.8 Å². The molecule has 1 aromatic heterocycles. The molecule has 0 amide bonds. The van der Waals surface area contributed by atoms with Gasteiger partial charge in [0, 0.05) is 41.3 Å². The average Bonchev–Trinajstić information content (AvgIpc) is 2.50. The van der Waals surface area contributed by atoms with Crippen LogP contribution >= 0.6 is 0 Å². The molecule has 0 spiro atoms. The number of nitrogens with zero attached hydrogens (tertiary/aromatic N) is 1. The number of anilines is 1. The number of hydrogen-bond acceptors (Lipinski definition) is 3. The first-order chi connectivity index (χ1) is 10.5. The topological polar surface area (TPSA) is 48.1 Å². The van der Waals surface area contributed by atoms with Crippen LogP contribution in [-0.2, 0) is 11.2 Å². The molecule has 2 bridgehead atoms. The van der Waals surface area contributed by atoms with Gasteiger partial charge in [0.2, 0.25) is 0 Å². The van der Waals surface area contributed by atoms with E-state index in [0.29, 0.717) is 5.92 Å². The number of methoxy groups -OCH3 is 1. The summed E-state index contributed by atoms with van der Waals surface area (Å²) in [5.41, 5.74) is 12.1. The van der Waals surface area contributed by atoms with Crippen LogP contribution in [0, 0.1) is 5.92 Å². The van der Waals surface area contributed by atoms with E-state index in [1.54, 1.807) is 0 Å². The smallest absolute Gasteiger partial charge is 0.0789 e. The Labute approximate surface area is 131 Å². The summed E-state index contributed by atoms with van der Waals surface area (Å²) in [6, 6.07) is 8.17. The molecule has 0 saturated carbocycles. The van der Waals surface area contributed by atoms with Crippen LogP contribution in [0.25, 0.3) is 10.9 Å². The first-order valence-electron chi connectivity index (χ1n) is 7.94. The van der Waals surface area contributed by atoms with Crippen molar-refractivity contribution in [2.24, 2.45) is 5.92 Å².